The Morgan fingerprint density at radius 3 is 1.97 bits per heavy atom. The Labute approximate surface area is 232 Å². The zero-order chi connectivity index (χ0) is 28.8. The number of ketones is 1. The highest BCUT2D eigenvalue weighted by Crippen LogP contribution is 2.13. The van der Waals surface area contributed by atoms with Crippen molar-refractivity contribution in [1.82, 2.24) is 16.0 Å². The van der Waals surface area contributed by atoms with Crippen LogP contribution in [0.5, 0.6) is 0 Å². The van der Waals surface area contributed by atoms with Gasteiger partial charge in [0, 0.05) is 5.75 Å². The number of benzene rings is 2. The number of nitrogens with one attached hydrogen (secondary N) is 3. The van der Waals surface area contributed by atoms with Gasteiger partial charge in [-0.2, -0.15) is 0 Å². The van der Waals surface area contributed by atoms with Crippen molar-refractivity contribution >= 4 is 41.4 Å². The van der Waals surface area contributed by atoms with E-state index in [1.54, 1.807) is 26.0 Å². The summed E-state index contributed by atoms with van der Waals surface area (Å²) in [6.07, 6.45) is -1.37. The SMILES string of the molecule is CC(C)[C@H](NC(=O)OCc1ccccc1)C(=O)N[C@@H](C)C(=O)N[C@@H](CC(=O)O)C(=O)CSCc1ccccc1. The van der Waals surface area contributed by atoms with Gasteiger partial charge in [-0.15, -0.1) is 11.8 Å². The zero-order valence-corrected chi connectivity index (χ0v) is 23.0. The van der Waals surface area contributed by atoms with E-state index in [0.29, 0.717) is 5.75 Å². The molecule has 0 unspecified atom stereocenters. The second-order valence-corrected chi connectivity index (χ2v) is 10.2. The highest BCUT2D eigenvalue weighted by atomic mass is 32.2. The predicted molar refractivity (Wildman–Crippen MR) is 148 cm³/mol. The fourth-order valence-corrected chi connectivity index (χ4v) is 4.39. The van der Waals surface area contributed by atoms with E-state index in [9.17, 15) is 29.1 Å². The highest BCUT2D eigenvalue weighted by Gasteiger charge is 2.30. The Kier molecular flexibility index (Phi) is 13.0. The molecule has 0 aromatic heterocycles. The second kappa shape index (κ2) is 16.2. The first kappa shape index (κ1) is 31.4. The van der Waals surface area contributed by atoms with Gasteiger partial charge >= 0.3 is 12.1 Å². The van der Waals surface area contributed by atoms with Crippen LogP contribution in [0.25, 0.3) is 0 Å². The van der Waals surface area contributed by atoms with Crippen molar-refractivity contribution in [3.8, 4) is 0 Å². The normalized spacial score (nSPS) is 13.0. The third kappa shape index (κ3) is 11.6. The topological polar surface area (TPSA) is 151 Å². The van der Waals surface area contributed by atoms with Gasteiger partial charge in [0.15, 0.2) is 5.78 Å². The molecule has 0 saturated heterocycles. The van der Waals surface area contributed by atoms with Gasteiger partial charge in [0.25, 0.3) is 0 Å². The first-order valence-electron chi connectivity index (χ1n) is 12.5. The van der Waals surface area contributed by atoms with E-state index in [2.05, 4.69) is 16.0 Å². The number of carboxylic acids is 1. The van der Waals surface area contributed by atoms with Crippen molar-refractivity contribution in [3.63, 3.8) is 0 Å². The number of carbonyl (C=O) groups is 5. The van der Waals surface area contributed by atoms with E-state index in [1.165, 1.54) is 18.7 Å². The quantitative estimate of drug-likeness (QED) is 0.261. The lowest BCUT2D eigenvalue weighted by Crippen LogP contribution is -2.56. The van der Waals surface area contributed by atoms with Crippen LogP contribution >= 0.6 is 11.8 Å². The van der Waals surface area contributed by atoms with E-state index >= 15 is 0 Å². The van der Waals surface area contributed by atoms with E-state index in [-0.39, 0.29) is 18.3 Å². The van der Waals surface area contributed by atoms with Crippen molar-refractivity contribution in [2.45, 2.75) is 57.7 Å². The molecular weight excluding hydrogens is 522 g/mol. The average Bonchev–Trinajstić information content (AvgIpc) is 2.90. The van der Waals surface area contributed by atoms with Crippen LogP contribution < -0.4 is 16.0 Å². The first-order chi connectivity index (χ1) is 18.6. The number of aliphatic carboxylic acids is 1. The van der Waals surface area contributed by atoms with Crippen LogP contribution in [0.2, 0.25) is 0 Å². The third-order valence-electron chi connectivity index (χ3n) is 5.63. The van der Waals surface area contributed by atoms with Crippen LogP contribution in [-0.4, -0.2) is 58.6 Å². The minimum Gasteiger partial charge on any atom is -0.481 e. The molecule has 0 aliphatic carbocycles. The van der Waals surface area contributed by atoms with E-state index in [1.807, 2.05) is 48.5 Å². The second-order valence-electron chi connectivity index (χ2n) is 9.26. The summed E-state index contributed by atoms with van der Waals surface area (Å²) >= 11 is 1.32. The lowest BCUT2D eigenvalue weighted by atomic mass is 10.0. The van der Waals surface area contributed by atoms with E-state index < -0.39 is 54.2 Å². The molecule has 10 nitrogen and oxygen atoms in total. The smallest absolute Gasteiger partial charge is 0.408 e. The number of amides is 3. The molecule has 3 amide bonds. The van der Waals surface area contributed by atoms with E-state index in [4.69, 9.17) is 4.74 Å². The number of Topliss-reactive ketones (excluding diaryl/α,β-unsaturated/α-hetero) is 1. The van der Waals surface area contributed by atoms with Gasteiger partial charge < -0.3 is 25.8 Å². The van der Waals surface area contributed by atoms with Gasteiger partial charge in [0.2, 0.25) is 11.8 Å². The number of hydrogen-bond acceptors (Lipinski definition) is 7. The molecule has 210 valence electrons. The minimum atomic E-state index is -1.25. The number of carboxylic acid groups (broad SMARTS) is 1. The van der Waals surface area contributed by atoms with Crippen molar-refractivity contribution in [2.24, 2.45) is 5.92 Å². The van der Waals surface area contributed by atoms with Crippen molar-refractivity contribution < 1.29 is 33.8 Å². The predicted octanol–water partition coefficient (Wildman–Crippen LogP) is 2.90. The number of ether oxygens (including phenoxy) is 1. The molecule has 0 saturated carbocycles. The number of hydrogen-bond donors (Lipinski definition) is 4. The summed E-state index contributed by atoms with van der Waals surface area (Å²) in [4.78, 5) is 61.9. The number of rotatable bonds is 15. The van der Waals surface area contributed by atoms with Gasteiger partial charge in [-0.05, 0) is 24.0 Å². The van der Waals surface area contributed by atoms with Gasteiger partial charge in [-0.1, -0.05) is 74.5 Å². The molecule has 0 heterocycles. The Morgan fingerprint density at radius 1 is 0.821 bits per heavy atom. The Hall–Kier alpha value is -3.86. The van der Waals surface area contributed by atoms with Crippen molar-refractivity contribution in [2.75, 3.05) is 5.75 Å². The summed E-state index contributed by atoms with van der Waals surface area (Å²) in [6, 6.07) is 15.2. The molecule has 0 aliphatic heterocycles. The molecule has 39 heavy (non-hydrogen) atoms. The highest BCUT2D eigenvalue weighted by molar-refractivity contribution is 7.99. The molecule has 11 heteroatoms. The molecule has 0 fully saturated rings. The van der Waals surface area contributed by atoms with Crippen molar-refractivity contribution in [1.29, 1.82) is 0 Å². The molecule has 2 aromatic rings. The molecule has 2 aromatic carbocycles. The minimum absolute atomic E-state index is 0.0122. The maximum Gasteiger partial charge on any atom is 0.408 e. The van der Waals surface area contributed by atoms with Crippen molar-refractivity contribution in [3.05, 3.63) is 71.8 Å². The Morgan fingerprint density at radius 2 is 1.41 bits per heavy atom. The van der Waals surface area contributed by atoms with Crippen LogP contribution in [0.1, 0.15) is 38.3 Å². The number of alkyl carbamates (subject to hydrolysis) is 1. The van der Waals surface area contributed by atoms with Gasteiger partial charge in [0.1, 0.15) is 18.7 Å². The molecule has 4 N–H and O–H groups in total. The number of thioether (sulfide) groups is 1. The zero-order valence-electron chi connectivity index (χ0n) is 22.2. The van der Waals surface area contributed by atoms with Crippen LogP contribution in [0, 0.1) is 5.92 Å². The monoisotopic (exact) mass is 557 g/mol. The molecular formula is C28H35N3O7S. The van der Waals surface area contributed by atoms with Crippen LogP contribution in [0.4, 0.5) is 4.79 Å². The van der Waals surface area contributed by atoms with Gasteiger partial charge in [-0.25, -0.2) is 4.79 Å². The summed E-state index contributed by atoms with van der Waals surface area (Å²) < 4.78 is 5.18. The van der Waals surface area contributed by atoms with Gasteiger partial charge in [-0.3, -0.25) is 19.2 Å². The lowest BCUT2D eigenvalue weighted by Gasteiger charge is -2.24. The lowest BCUT2D eigenvalue weighted by molar-refractivity contribution is -0.140. The Balaban J connectivity index is 1.90. The van der Waals surface area contributed by atoms with Crippen LogP contribution in [-0.2, 0) is 36.3 Å². The summed E-state index contributed by atoms with van der Waals surface area (Å²) in [5.74, 6) is -2.77. The fourth-order valence-electron chi connectivity index (χ4n) is 3.46. The number of carbonyl (C=O) groups excluding carboxylic acids is 4. The van der Waals surface area contributed by atoms with Crippen LogP contribution in [0.15, 0.2) is 60.7 Å². The summed E-state index contributed by atoms with van der Waals surface area (Å²) in [7, 11) is 0. The molecule has 0 radical (unpaired) electrons. The van der Waals surface area contributed by atoms with Gasteiger partial charge in [0.05, 0.1) is 18.2 Å². The third-order valence-corrected chi connectivity index (χ3v) is 6.65. The molecule has 0 bridgehead atoms. The standard InChI is InChI=1S/C28H35N3O7S/c1-18(2)25(31-28(37)38-15-20-10-6-4-7-11-20)27(36)29-19(3)26(35)30-22(14-24(33)34)23(32)17-39-16-21-12-8-5-9-13-21/h4-13,18-19,22,25H,14-17H2,1-3H3,(H,29,36)(H,30,35)(H,31,37)(H,33,34)/t19-,22-,25-/m0/s1. The molecule has 0 spiro atoms. The summed E-state index contributed by atoms with van der Waals surface area (Å²) in [5, 5.41) is 16.7. The average molecular weight is 558 g/mol. The maximum atomic E-state index is 12.9. The fraction of sp³-hybridized carbons (Fsp3) is 0.393. The summed E-state index contributed by atoms with van der Waals surface area (Å²) in [5.41, 5.74) is 1.80. The maximum absolute atomic E-state index is 12.9. The van der Waals surface area contributed by atoms with Crippen LogP contribution in [0.3, 0.4) is 0 Å². The van der Waals surface area contributed by atoms with E-state index in [0.717, 1.165) is 11.1 Å². The molecule has 0 aliphatic rings. The molecule has 2 rings (SSSR count). The molecule has 3 atom stereocenters. The first-order valence-corrected chi connectivity index (χ1v) is 13.7. The Bertz CT molecular complexity index is 1110. The summed E-state index contributed by atoms with van der Waals surface area (Å²) in [6.45, 7) is 4.88. The largest absolute Gasteiger partial charge is 0.481 e.